The van der Waals surface area contributed by atoms with E-state index < -0.39 is 22.4 Å². The zero-order chi connectivity index (χ0) is 50.3. The fraction of sp³-hybridized carbons (Fsp3) is 0.400. The number of nitrogens with zero attached hydrogens (tertiary/aromatic N) is 14. The zero-order valence-corrected chi connectivity index (χ0v) is 41.1. The normalized spacial score (nSPS) is 11.0. The van der Waals surface area contributed by atoms with E-state index in [1.165, 1.54) is 79.9 Å². The van der Waals surface area contributed by atoms with Gasteiger partial charge >= 0.3 is 17.1 Å². The molecule has 0 atom stereocenters. The topological polar surface area (TPSA) is 298 Å². The highest BCUT2D eigenvalue weighted by molar-refractivity contribution is 9.09. The molecule has 0 aliphatic rings. The van der Waals surface area contributed by atoms with Crippen molar-refractivity contribution in [2.24, 2.45) is 21.1 Å². The number of fused-ring (bicyclic) bond motifs is 3. The van der Waals surface area contributed by atoms with Gasteiger partial charge in [-0.15, -0.1) is 0 Å². The Bertz CT molecular complexity index is 3410. The molecular weight excluding hydrogens is 974 g/mol. The molecule has 0 aromatic carbocycles. The lowest BCUT2D eigenvalue weighted by Crippen LogP contribution is -2.39. The number of unbranched alkanes of at least 4 members (excludes halogenated alkanes) is 3. The fourth-order valence-corrected chi connectivity index (χ4v) is 7.42. The van der Waals surface area contributed by atoms with E-state index in [-0.39, 0.29) is 33.6 Å². The van der Waals surface area contributed by atoms with E-state index in [9.17, 15) is 28.8 Å². The number of aromatic nitrogens is 15. The highest BCUT2D eigenvalue weighted by atomic mass is 79.9. The van der Waals surface area contributed by atoms with Crippen molar-refractivity contribution < 1.29 is 13.6 Å². The first kappa shape index (κ1) is 51.6. The quantitative estimate of drug-likeness (QED) is 0.121. The van der Waals surface area contributed by atoms with E-state index >= 15 is 0 Å². The van der Waals surface area contributed by atoms with Gasteiger partial charge in [0, 0.05) is 114 Å². The summed E-state index contributed by atoms with van der Waals surface area (Å²) in [5, 5.41) is 12.5. The minimum absolute atomic E-state index is 0.171. The van der Waals surface area contributed by atoms with Crippen molar-refractivity contribution in [3.63, 3.8) is 0 Å². The third kappa shape index (κ3) is 13.0. The van der Waals surface area contributed by atoms with Crippen molar-refractivity contribution in [1.82, 2.24) is 73.2 Å². The fourth-order valence-electron chi connectivity index (χ4n) is 7.03. The van der Waals surface area contributed by atoms with Gasteiger partial charge in [0.2, 0.25) is 0 Å². The number of hydrogen-bond donors (Lipinski definition) is 1. The third-order valence-corrected chi connectivity index (χ3v) is 11.2. The molecule has 9 aromatic rings. The van der Waals surface area contributed by atoms with Gasteiger partial charge in [-0.1, -0.05) is 31.4 Å². The second-order valence-corrected chi connectivity index (χ2v) is 16.8. The Kier molecular flexibility index (Phi) is 18.0. The molecule has 0 fully saturated rings. The second-order valence-electron chi connectivity index (χ2n) is 16.0. The minimum atomic E-state index is -0.508. The Morgan fingerprint density at radius 2 is 0.843 bits per heavy atom. The molecule has 0 saturated carbocycles. The van der Waals surface area contributed by atoms with Crippen LogP contribution in [0.1, 0.15) is 72.9 Å². The number of rotatable bonds is 14. The summed E-state index contributed by atoms with van der Waals surface area (Å²) in [6.07, 6.45) is 16.4. The van der Waals surface area contributed by atoms with Gasteiger partial charge < -0.3 is 13.6 Å². The van der Waals surface area contributed by atoms with Crippen LogP contribution in [-0.2, 0) is 53.5 Å². The number of H-pyrrole nitrogens is 1. The van der Waals surface area contributed by atoms with Gasteiger partial charge in [-0.3, -0.25) is 42.2 Å². The molecule has 9 heterocycles. The van der Waals surface area contributed by atoms with Crippen LogP contribution in [-0.4, -0.2) is 78.5 Å². The van der Waals surface area contributed by atoms with Crippen LogP contribution in [0, 0.1) is 20.8 Å². The highest BCUT2D eigenvalue weighted by Crippen LogP contribution is 2.10. The van der Waals surface area contributed by atoms with E-state index in [2.05, 4.69) is 66.3 Å². The monoisotopic (exact) mass is 1030 g/mol. The van der Waals surface area contributed by atoms with Crippen LogP contribution in [0.4, 0.5) is 0 Å². The average Bonchev–Trinajstić information content (AvgIpc) is 4.12. The molecule has 0 amide bonds. The van der Waals surface area contributed by atoms with Gasteiger partial charge in [-0.25, -0.2) is 44.3 Å². The zero-order valence-electron chi connectivity index (χ0n) is 39.5. The summed E-state index contributed by atoms with van der Waals surface area (Å²) in [5.74, 6) is 2.63. The summed E-state index contributed by atoms with van der Waals surface area (Å²) in [4.78, 5) is 97.7. The number of aromatic amines is 1. The number of nitrogens with one attached hydrogen (secondary N) is 1. The van der Waals surface area contributed by atoms with E-state index in [0.717, 1.165) is 71.8 Å². The maximum absolute atomic E-state index is 12.4. The van der Waals surface area contributed by atoms with Gasteiger partial charge in [-0.05, 0) is 59.3 Å². The standard InChI is InChI=1S/2C15H17N5O3.C8H12BrNO.C7H6N4O2/c2*1-10-9-11(23-18-10)5-3-4-8-20-14(21)12-13(17-7-6-16-12)19(2)15(20)22;1-7-6-8(11-10-7)4-2-3-5-9;1-11-5-4(8-2-3-9-5)6(12)10-7(11)13/h2*6-7,9H,3-5,8H2,1-2H3;6H,2-5H2,1H3;2-3H,1H3,(H,10,12,13). The number of halogens is 1. The van der Waals surface area contributed by atoms with Crippen molar-refractivity contribution in [2.75, 3.05) is 5.33 Å². The molecule has 9 aromatic heterocycles. The summed E-state index contributed by atoms with van der Waals surface area (Å²) < 4.78 is 21.7. The van der Waals surface area contributed by atoms with Crippen LogP contribution in [0.15, 0.2) is 97.7 Å². The van der Waals surface area contributed by atoms with Crippen LogP contribution >= 0.6 is 15.9 Å². The van der Waals surface area contributed by atoms with E-state index in [0.29, 0.717) is 37.2 Å². The number of alkyl halides is 1. The molecule has 0 bridgehead atoms. The predicted octanol–water partition coefficient (Wildman–Crippen LogP) is 3.34. The van der Waals surface area contributed by atoms with Crippen LogP contribution in [0.3, 0.4) is 0 Å². The molecule has 0 aliphatic heterocycles. The van der Waals surface area contributed by atoms with Gasteiger partial charge in [0.15, 0.2) is 33.5 Å². The molecule has 0 unspecified atom stereocenters. The molecule has 9 rings (SSSR count). The maximum atomic E-state index is 12.4. The molecule has 24 nitrogen and oxygen atoms in total. The predicted molar refractivity (Wildman–Crippen MR) is 260 cm³/mol. The molecule has 0 aliphatic carbocycles. The van der Waals surface area contributed by atoms with E-state index in [4.69, 9.17) is 13.6 Å². The minimum Gasteiger partial charge on any atom is -0.361 e. The highest BCUT2D eigenvalue weighted by Gasteiger charge is 2.14. The Hall–Kier alpha value is -7.83. The summed E-state index contributed by atoms with van der Waals surface area (Å²) >= 11 is 3.38. The number of hydrogen-bond acceptors (Lipinski definition) is 18. The van der Waals surface area contributed by atoms with E-state index in [1.54, 1.807) is 14.1 Å². The van der Waals surface area contributed by atoms with Crippen molar-refractivity contribution in [3.05, 3.63) is 152 Å². The largest absolute Gasteiger partial charge is 0.361 e. The molecule has 25 heteroatoms. The molecular formula is C45H52BrN15O9. The van der Waals surface area contributed by atoms with Gasteiger partial charge in [-0.2, -0.15) is 0 Å². The van der Waals surface area contributed by atoms with Crippen molar-refractivity contribution in [2.45, 2.75) is 91.6 Å². The van der Waals surface area contributed by atoms with Gasteiger partial charge in [0.1, 0.15) is 17.3 Å². The van der Waals surface area contributed by atoms with E-state index in [1.807, 2.05) is 39.0 Å². The van der Waals surface area contributed by atoms with Crippen molar-refractivity contribution in [3.8, 4) is 0 Å². The Morgan fingerprint density at radius 3 is 1.21 bits per heavy atom. The first-order valence-corrected chi connectivity index (χ1v) is 23.3. The van der Waals surface area contributed by atoms with Gasteiger partial charge in [0.25, 0.3) is 16.7 Å². The van der Waals surface area contributed by atoms with Crippen LogP contribution < -0.4 is 33.7 Å². The van der Waals surface area contributed by atoms with Crippen molar-refractivity contribution in [1.29, 1.82) is 0 Å². The first-order chi connectivity index (χ1) is 33.7. The lowest BCUT2D eigenvalue weighted by molar-refractivity contribution is 0.374. The molecule has 0 saturated heterocycles. The lowest BCUT2D eigenvalue weighted by Gasteiger charge is -2.08. The molecule has 0 radical (unpaired) electrons. The average molecular weight is 1030 g/mol. The smallest absolute Gasteiger partial charge is 0.332 e. The van der Waals surface area contributed by atoms with Crippen LogP contribution in [0.2, 0.25) is 0 Å². The Morgan fingerprint density at radius 1 is 0.486 bits per heavy atom. The number of aryl methyl sites for hydroxylation is 9. The van der Waals surface area contributed by atoms with Crippen LogP contribution in [0.25, 0.3) is 33.5 Å². The molecule has 70 heavy (non-hydrogen) atoms. The van der Waals surface area contributed by atoms with Gasteiger partial charge in [0.05, 0.1) is 17.1 Å². The Labute approximate surface area is 405 Å². The third-order valence-electron chi connectivity index (χ3n) is 10.6. The second kappa shape index (κ2) is 24.5. The molecule has 1 N–H and O–H groups in total. The van der Waals surface area contributed by atoms with Crippen LogP contribution in [0.5, 0.6) is 0 Å². The van der Waals surface area contributed by atoms with Crippen molar-refractivity contribution >= 4 is 49.4 Å². The first-order valence-electron chi connectivity index (χ1n) is 22.2. The maximum Gasteiger partial charge on any atom is 0.332 e. The summed E-state index contributed by atoms with van der Waals surface area (Å²) in [6, 6.07) is 5.77. The molecule has 0 spiro atoms. The summed E-state index contributed by atoms with van der Waals surface area (Å²) in [6.45, 7) is 6.35. The molecule has 368 valence electrons. The lowest BCUT2D eigenvalue weighted by atomic mass is 10.2. The summed E-state index contributed by atoms with van der Waals surface area (Å²) in [5.41, 5.74) is 1.60. The SMILES string of the molecule is Cc1cc(CCCCBr)on1.Cc1cc(CCCCn2c(=O)c3nccnc3n(C)c2=O)on1.Cc1cc(CCCCn2c(=O)c3nccnc3n(C)c2=O)on1.Cn1c(=O)[nH]c(=O)c2nccnc21. The summed E-state index contributed by atoms with van der Waals surface area (Å²) in [7, 11) is 4.70. The Balaban J connectivity index is 0.000000160.